The maximum absolute atomic E-state index is 13.3. The number of carbonyl (C=O) groups excluding carboxylic acids is 1. The Labute approximate surface area is 182 Å². The minimum atomic E-state index is -0.248. The highest BCUT2D eigenvalue weighted by Gasteiger charge is 2.17. The van der Waals surface area contributed by atoms with Gasteiger partial charge in [0.1, 0.15) is 5.75 Å². The van der Waals surface area contributed by atoms with E-state index in [0.717, 1.165) is 27.1 Å². The number of hydrogen-bond donors (Lipinski definition) is 1. The number of nitrogens with one attached hydrogen (secondary N) is 1. The van der Waals surface area contributed by atoms with E-state index in [1.165, 1.54) is 11.3 Å². The van der Waals surface area contributed by atoms with Crippen molar-refractivity contribution in [2.45, 2.75) is 0 Å². The van der Waals surface area contributed by atoms with Crippen LogP contribution in [0.2, 0.25) is 0 Å². The molecule has 5 rings (SSSR count). The van der Waals surface area contributed by atoms with Crippen molar-refractivity contribution in [3.8, 4) is 17.2 Å². The lowest BCUT2D eigenvalue weighted by Gasteiger charge is -2.09. The molecule has 1 amide bonds. The third-order valence-electron chi connectivity index (χ3n) is 4.87. The second-order valence-corrected chi connectivity index (χ2v) is 7.87. The molecule has 0 saturated carbocycles. The summed E-state index contributed by atoms with van der Waals surface area (Å²) in [5.41, 5.74) is 2.95. The summed E-state index contributed by atoms with van der Waals surface area (Å²) < 4.78 is 17.1. The van der Waals surface area contributed by atoms with Crippen LogP contribution in [-0.2, 0) is 4.79 Å². The average Bonchev–Trinajstić information content (AvgIpc) is 3.43. The fraction of sp³-hybridized carbons (Fsp3) is 0.0833. The van der Waals surface area contributed by atoms with E-state index in [1.54, 1.807) is 7.11 Å². The van der Waals surface area contributed by atoms with Gasteiger partial charge in [0.25, 0.3) is 5.91 Å². The Morgan fingerprint density at radius 1 is 1.06 bits per heavy atom. The van der Waals surface area contributed by atoms with Gasteiger partial charge in [-0.15, -0.1) is 0 Å². The van der Waals surface area contributed by atoms with Gasteiger partial charge in [-0.05, 0) is 53.6 Å². The summed E-state index contributed by atoms with van der Waals surface area (Å²) in [6, 6.07) is 20.7. The summed E-state index contributed by atoms with van der Waals surface area (Å²) in [6.45, 7) is 0.200. The Morgan fingerprint density at radius 3 is 2.68 bits per heavy atom. The van der Waals surface area contributed by atoms with Crippen molar-refractivity contribution >= 4 is 44.2 Å². The number of anilines is 1. The number of hydrogen-bond acceptors (Lipinski definition) is 6. The number of ether oxygens (including phenoxy) is 3. The maximum atomic E-state index is 13.3. The zero-order valence-corrected chi connectivity index (χ0v) is 17.4. The van der Waals surface area contributed by atoms with Crippen LogP contribution in [0.5, 0.6) is 17.2 Å². The van der Waals surface area contributed by atoms with E-state index in [9.17, 15) is 4.79 Å². The molecule has 0 aliphatic carbocycles. The second kappa shape index (κ2) is 8.12. The first-order valence-corrected chi connectivity index (χ1v) is 10.4. The highest BCUT2D eigenvalue weighted by molar-refractivity contribution is 7.22. The molecule has 1 aliphatic heterocycles. The van der Waals surface area contributed by atoms with E-state index < -0.39 is 0 Å². The number of thiazole rings is 1. The van der Waals surface area contributed by atoms with E-state index in [0.29, 0.717) is 22.2 Å². The van der Waals surface area contributed by atoms with Gasteiger partial charge in [-0.25, -0.2) is 4.98 Å². The molecule has 2 heterocycles. The van der Waals surface area contributed by atoms with Crippen LogP contribution in [-0.4, -0.2) is 24.8 Å². The van der Waals surface area contributed by atoms with Crippen molar-refractivity contribution in [2.75, 3.05) is 19.2 Å². The van der Waals surface area contributed by atoms with Gasteiger partial charge in [-0.2, -0.15) is 0 Å². The topological polar surface area (TPSA) is 69.7 Å². The number of aromatic nitrogens is 1. The average molecular weight is 430 g/mol. The van der Waals surface area contributed by atoms with Crippen LogP contribution < -0.4 is 19.5 Å². The lowest BCUT2D eigenvalue weighted by Crippen LogP contribution is -2.13. The molecule has 6 nitrogen and oxygen atoms in total. The Kier molecular flexibility index (Phi) is 5.01. The number of fused-ring (bicyclic) bond motifs is 2. The quantitative estimate of drug-likeness (QED) is 0.348. The fourth-order valence-electron chi connectivity index (χ4n) is 3.31. The Morgan fingerprint density at radius 2 is 1.87 bits per heavy atom. The molecule has 1 aromatic heterocycles. The molecule has 7 heteroatoms. The van der Waals surface area contributed by atoms with Crippen molar-refractivity contribution in [3.05, 3.63) is 77.9 Å². The Balaban J connectivity index is 1.51. The first kappa shape index (κ1) is 19.1. The van der Waals surface area contributed by atoms with Gasteiger partial charge >= 0.3 is 0 Å². The summed E-state index contributed by atoms with van der Waals surface area (Å²) in [4.78, 5) is 17.8. The molecule has 0 bridgehead atoms. The minimum Gasteiger partial charge on any atom is -0.497 e. The molecule has 3 aromatic carbocycles. The third-order valence-corrected chi connectivity index (χ3v) is 5.82. The molecule has 0 fully saturated rings. The van der Waals surface area contributed by atoms with E-state index in [2.05, 4.69) is 10.3 Å². The van der Waals surface area contributed by atoms with Crippen molar-refractivity contribution in [3.63, 3.8) is 0 Å². The minimum absolute atomic E-state index is 0.200. The van der Waals surface area contributed by atoms with E-state index in [4.69, 9.17) is 14.2 Å². The van der Waals surface area contributed by atoms with Crippen LogP contribution in [0.25, 0.3) is 21.9 Å². The van der Waals surface area contributed by atoms with Crippen molar-refractivity contribution in [1.82, 2.24) is 4.98 Å². The molecular weight excluding hydrogens is 412 g/mol. The lowest BCUT2D eigenvalue weighted by atomic mass is 10.0. The van der Waals surface area contributed by atoms with E-state index in [-0.39, 0.29) is 12.7 Å². The van der Waals surface area contributed by atoms with Crippen molar-refractivity contribution in [1.29, 1.82) is 0 Å². The van der Waals surface area contributed by atoms with Gasteiger partial charge < -0.3 is 14.2 Å². The largest absolute Gasteiger partial charge is 0.497 e. The van der Waals surface area contributed by atoms with Crippen LogP contribution in [0.1, 0.15) is 11.1 Å². The van der Waals surface area contributed by atoms with Crippen LogP contribution in [0, 0.1) is 0 Å². The number of rotatable bonds is 5. The summed E-state index contributed by atoms with van der Waals surface area (Å²) in [5, 5.41) is 3.50. The number of amides is 1. The zero-order valence-electron chi connectivity index (χ0n) is 16.6. The highest BCUT2D eigenvalue weighted by atomic mass is 32.1. The molecule has 1 N–H and O–H groups in total. The molecule has 0 saturated heterocycles. The van der Waals surface area contributed by atoms with Crippen LogP contribution in [0.15, 0.2) is 66.7 Å². The molecule has 154 valence electrons. The first-order valence-electron chi connectivity index (χ1n) is 9.62. The second-order valence-electron chi connectivity index (χ2n) is 6.84. The van der Waals surface area contributed by atoms with Gasteiger partial charge in [0, 0.05) is 5.57 Å². The Bertz CT molecular complexity index is 1260. The third kappa shape index (κ3) is 3.95. The standard InChI is InChI=1S/C24H18N2O4S/c1-28-17-9-7-16(8-10-17)18(12-15-6-11-20-21(13-15)30-14-29-20)23(27)26-24-25-19-4-2-3-5-22(19)31-24/h2-13H,14H2,1H3,(H,25,26,27)/b18-12+. The number of benzene rings is 3. The normalized spacial score (nSPS) is 12.7. The van der Waals surface area contributed by atoms with E-state index >= 15 is 0 Å². The number of para-hydroxylation sites is 1. The maximum Gasteiger partial charge on any atom is 0.258 e. The number of carbonyl (C=O) groups is 1. The van der Waals surface area contributed by atoms with Crippen LogP contribution in [0.4, 0.5) is 5.13 Å². The fourth-order valence-corrected chi connectivity index (χ4v) is 4.17. The molecule has 31 heavy (non-hydrogen) atoms. The molecule has 0 unspecified atom stereocenters. The summed E-state index contributed by atoms with van der Waals surface area (Å²) >= 11 is 1.44. The molecule has 0 atom stereocenters. The molecular formula is C24H18N2O4S. The smallest absolute Gasteiger partial charge is 0.258 e. The number of methoxy groups -OCH3 is 1. The predicted molar refractivity (Wildman–Crippen MR) is 122 cm³/mol. The van der Waals surface area contributed by atoms with Gasteiger partial charge in [0.15, 0.2) is 16.6 Å². The highest BCUT2D eigenvalue weighted by Crippen LogP contribution is 2.34. The SMILES string of the molecule is COc1ccc(/C(=C\c2ccc3c(c2)OCO3)C(=O)Nc2nc3ccccc3s2)cc1. The predicted octanol–water partition coefficient (Wildman–Crippen LogP) is 5.21. The monoisotopic (exact) mass is 430 g/mol. The van der Waals surface area contributed by atoms with Gasteiger partial charge in [-0.3, -0.25) is 10.1 Å². The van der Waals surface area contributed by atoms with Crippen molar-refractivity contribution < 1.29 is 19.0 Å². The lowest BCUT2D eigenvalue weighted by molar-refractivity contribution is -0.111. The van der Waals surface area contributed by atoms with Gasteiger partial charge in [0.05, 0.1) is 17.3 Å². The van der Waals surface area contributed by atoms with E-state index in [1.807, 2.05) is 72.8 Å². The zero-order chi connectivity index (χ0) is 21.2. The molecule has 0 radical (unpaired) electrons. The summed E-state index contributed by atoms with van der Waals surface area (Å²) in [5.74, 6) is 1.83. The van der Waals surface area contributed by atoms with Gasteiger partial charge in [0.2, 0.25) is 6.79 Å². The van der Waals surface area contributed by atoms with Gasteiger partial charge in [-0.1, -0.05) is 41.7 Å². The summed E-state index contributed by atoms with van der Waals surface area (Å²) in [6.07, 6.45) is 1.83. The van der Waals surface area contributed by atoms with Crippen molar-refractivity contribution in [2.24, 2.45) is 0 Å². The van der Waals surface area contributed by atoms with Crippen LogP contribution in [0.3, 0.4) is 0 Å². The summed E-state index contributed by atoms with van der Waals surface area (Å²) in [7, 11) is 1.61. The molecule has 4 aromatic rings. The first-order chi connectivity index (χ1) is 15.2. The van der Waals surface area contributed by atoms with Crippen LogP contribution >= 0.6 is 11.3 Å². The number of nitrogens with zero attached hydrogens (tertiary/aromatic N) is 1. The molecule has 0 spiro atoms. The molecule has 1 aliphatic rings. The Hall–Kier alpha value is -3.84.